The summed E-state index contributed by atoms with van der Waals surface area (Å²) in [6, 6.07) is 17.9. The third-order valence-corrected chi connectivity index (χ3v) is 12.1. The molecule has 76 heavy (non-hydrogen) atoms. The van der Waals surface area contributed by atoms with Crippen LogP contribution >= 0.6 is 0 Å². The van der Waals surface area contributed by atoms with Crippen LogP contribution in [0.2, 0.25) is 0 Å². The maximum Gasteiger partial charge on any atom is 0.295 e. The first kappa shape index (κ1) is 54.6. The van der Waals surface area contributed by atoms with Gasteiger partial charge < -0.3 is 58.0 Å². The number of H-pyrrole nitrogens is 2. The summed E-state index contributed by atoms with van der Waals surface area (Å²) >= 11 is 0. The Morgan fingerprint density at radius 2 is 0.961 bits per heavy atom. The number of ether oxygens (including phenoxy) is 6. The third kappa shape index (κ3) is 13.3. The maximum absolute atomic E-state index is 13.3. The summed E-state index contributed by atoms with van der Waals surface area (Å²) in [5.74, 6) is -1.87. The molecule has 396 valence electrons. The third-order valence-electron chi connectivity index (χ3n) is 12.1. The molecule has 2 N–H and O–H groups in total. The van der Waals surface area contributed by atoms with Gasteiger partial charge in [-0.2, -0.15) is 0 Å². The lowest BCUT2D eigenvalue weighted by molar-refractivity contribution is -0.128. The molecule has 8 rings (SSSR count). The predicted molar refractivity (Wildman–Crippen MR) is 272 cm³/mol. The molecule has 2 aromatic carbocycles. The standard InChI is InChI=1S/2C25H27N7O6/c1-36-23-21-20(19(16-28-23)38-14-13-37-12-7-29-30-26)18(15-27-21)22(33)25(35)32-10-8-31(9-11-32)24(34)17-5-3-2-4-6-17;1-36-19-16-28-23(38-14-13-37-12-7-29-30-26)21-20(19)18(15-27-21)22(33)25(35)32-10-8-31(9-11-32)24(34)17-5-3-2-4-6-17/h2*2-6,15-16,27H,7-14H2,1H3. The Hall–Kier alpha value is -9.22. The van der Waals surface area contributed by atoms with Crippen LogP contribution in [0.15, 0.2) is 95.7 Å². The van der Waals surface area contributed by atoms with Gasteiger partial charge >= 0.3 is 0 Å². The highest BCUT2D eigenvalue weighted by atomic mass is 16.5. The quantitative estimate of drug-likeness (QED) is 0.0228. The number of carbonyl (C=O) groups is 6. The van der Waals surface area contributed by atoms with Gasteiger partial charge in [-0.3, -0.25) is 28.8 Å². The van der Waals surface area contributed by atoms with Crippen molar-refractivity contribution < 1.29 is 57.2 Å². The summed E-state index contributed by atoms with van der Waals surface area (Å²) < 4.78 is 32.9. The molecular formula is C50H54N14O12. The molecule has 0 unspecified atom stereocenters. The van der Waals surface area contributed by atoms with Crippen LogP contribution in [-0.4, -0.2) is 194 Å². The van der Waals surface area contributed by atoms with Crippen LogP contribution in [0.25, 0.3) is 42.7 Å². The molecule has 0 spiro atoms. The summed E-state index contributed by atoms with van der Waals surface area (Å²) in [4.78, 5) is 104. The molecule has 4 amide bonds. The number of carbonyl (C=O) groups excluding carboxylic acids is 6. The number of hydrogen-bond donors (Lipinski definition) is 2. The van der Waals surface area contributed by atoms with Gasteiger partial charge in [-0.1, -0.05) is 46.6 Å². The zero-order chi connectivity index (χ0) is 53.8. The number of amides is 4. The first-order chi connectivity index (χ1) is 37.1. The van der Waals surface area contributed by atoms with Crippen LogP contribution in [0, 0.1) is 0 Å². The van der Waals surface area contributed by atoms with E-state index in [9.17, 15) is 28.8 Å². The number of Topliss-reactive ketones (excluding diaryl/α,β-unsaturated/α-hetero) is 2. The molecule has 2 fully saturated rings. The largest absolute Gasteiger partial charge is 0.494 e. The number of aromatic nitrogens is 4. The Morgan fingerprint density at radius 3 is 1.42 bits per heavy atom. The second-order valence-electron chi connectivity index (χ2n) is 16.6. The summed E-state index contributed by atoms with van der Waals surface area (Å²) in [6.07, 6.45) is 5.72. The zero-order valence-electron chi connectivity index (χ0n) is 41.7. The van der Waals surface area contributed by atoms with Gasteiger partial charge in [0.1, 0.15) is 35.7 Å². The van der Waals surface area contributed by atoms with Crippen molar-refractivity contribution in [2.75, 3.05) is 119 Å². The van der Waals surface area contributed by atoms with Gasteiger partial charge in [-0.25, -0.2) is 9.97 Å². The highest BCUT2D eigenvalue weighted by Crippen LogP contribution is 2.35. The monoisotopic (exact) mass is 1040 g/mol. The fraction of sp³-hybridized carbons (Fsp3) is 0.360. The Bertz CT molecular complexity index is 3100. The van der Waals surface area contributed by atoms with E-state index in [2.05, 4.69) is 40.0 Å². The van der Waals surface area contributed by atoms with Crippen LogP contribution in [0.5, 0.6) is 23.3 Å². The second-order valence-corrected chi connectivity index (χ2v) is 16.6. The number of rotatable bonds is 22. The van der Waals surface area contributed by atoms with Crippen molar-refractivity contribution in [3.8, 4) is 23.3 Å². The first-order valence-corrected chi connectivity index (χ1v) is 24.0. The highest BCUT2D eigenvalue weighted by Gasteiger charge is 2.33. The number of methoxy groups -OCH3 is 2. The van der Waals surface area contributed by atoms with Crippen LogP contribution in [0.4, 0.5) is 0 Å². The summed E-state index contributed by atoms with van der Waals surface area (Å²) in [5.41, 5.74) is 18.8. The lowest BCUT2D eigenvalue weighted by Gasteiger charge is -2.34. The number of nitrogens with one attached hydrogen (secondary N) is 2. The van der Waals surface area contributed by atoms with E-state index in [0.717, 1.165) is 0 Å². The van der Waals surface area contributed by atoms with E-state index in [1.54, 1.807) is 58.3 Å². The minimum Gasteiger partial charge on any atom is -0.494 e. The van der Waals surface area contributed by atoms with Gasteiger partial charge in [0.2, 0.25) is 11.8 Å². The minimum absolute atomic E-state index is 0.105. The molecule has 2 saturated heterocycles. The number of benzene rings is 2. The van der Waals surface area contributed by atoms with Crippen LogP contribution in [0.3, 0.4) is 0 Å². The van der Waals surface area contributed by atoms with E-state index in [1.165, 1.54) is 48.8 Å². The zero-order valence-corrected chi connectivity index (χ0v) is 41.7. The summed E-state index contributed by atoms with van der Waals surface area (Å²) in [6.45, 7) is 3.98. The number of pyridine rings is 2. The van der Waals surface area contributed by atoms with Gasteiger partial charge in [0, 0.05) is 98.8 Å². The average Bonchev–Trinajstić information content (AvgIpc) is 4.15. The number of piperazine rings is 2. The number of fused-ring (bicyclic) bond motifs is 2. The van der Waals surface area contributed by atoms with Crippen molar-refractivity contribution in [2.24, 2.45) is 10.2 Å². The van der Waals surface area contributed by atoms with Crippen LogP contribution in [0.1, 0.15) is 41.4 Å². The van der Waals surface area contributed by atoms with E-state index >= 15 is 0 Å². The molecule has 6 aromatic rings. The normalized spacial score (nSPS) is 13.2. The summed E-state index contributed by atoms with van der Waals surface area (Å²) in [5, 5.41) is 7.53. The average molecular weight is 1040 g/mol. The van der Waals surface area contributed by atoms with Crippen LogP contribution < -0.4 is 18.9 Å². The Kier molecular flexibility index (Phi) is 19.5. The molecule has 6 heterocycles. The second kappa shape index (κ2) is 27.2. The van der Waals surface area contributed by atoms with Crippen molar-refractivity contribution in [1.29, 1.82) is 0 Å². The lowest BCUT2D eigenvalue weighted by atomic mass is 10.1. The molecule has 2 aliphatic rings. The molecule has 26 nitrogen and oxygen atoms in total. The smallest absolute Gasteiger partial charge is 0.295 e. The molecule has 2 aliphatic heterocycles. The Labute approximate surface area is 434 Å². The van der Waals surface area contributed by atoms with Gasteiger partial charge in [-0.15, -0.1) is 0 Å². The van der Waals surface area contributed by atoms with Crippen molar-refractivity contribution in [2.45, 2.75) is 0 Å². The molecule has 0 atom stereocenters. The van der Waals surface area contributed by atoms with Crippen molar-refractivity contribution in [1.82, 2.24) is 39.5 Å². The van der Waals surface area contributed by atoms with E-state index in [0.29, 0.717) is 64.9 Å². The lowest BCUT2D eigenvalue weighted by Crippen LogP contribution is -2.52. The fourth-order valence-corrected chi connectivity index (χ4v) is 8.26. The molecule has 0 saturated carbocycles. The van der Waals surface area contributed by atoms with Gasteiger partial charge in [-0.05, 0) is 35.3 Å². The van der Waals surface area contributed by atoms with Crippen molar-refractivity contribution in [3.05, 3.63) is 129 Å². The predicted octanol–water partition coefficient (Wildman–Crippen LogP) is 4.89. The van der Waals surface area contributed by atoms with Gasteiger partial charge in [0.15, 0.2) is 0 Å². The fourth-order valence-electron chi connectivity index (χ4n) is 8.26. The topological polar surface area (TPSA) is 326 Å². The number of nitrogens with zero attached hydrogens (tertiary/aromatic N) is 12. The van der Waals surface area contributed by atoms with E-state index in [1.807, 2.05) is 12.1 Å². The molecule has 26 heteroatoms. The van der Waals surface area contributed by atoms with Gasteiger partial charge in [0.25, 0.3) is 35.2 Å². The first-order valence-electron chi connectivity index (χ1n) is 24.0. The summed E-state index contributed by atoms with van der Waals surface area (Å²) in [7, 11) is 2.89. The van der Waals surface area contributed by atoms with Gasteiger partial charge in [0.05, 0.1) is 74.9 Å². The number of ketones is 2. The van der Waals surface area contributed by atoms with Crippen molar-refractivity contribution in [3.63, 3.8) is 0 Å². The molecule has 4 aromatic heterocycles. The number of aromatic amines is 2. The SMILES string of the molecule is COc1cnc(OCCOCCN=[N+]=[N-])c2[nH]cc(C(=O)C(=O)N3CCN(C(=O)c4ccccc4)CC3)c12.COc1ncc(OCCOCCN=[N+]=[N-])c2c(C(=O)C(=O)N3CCN(C(=O)c4ccccc4)CC3)c[nH]c12. The molecule has 0 bridgehead atoms. The van der Waals surface area contributed by atoms with E-state index in [-0.39, 0.29) is 119 Å². The maximum atomic E-state index is 13.3. The number of azide groups is 2. The van der Waals surface area contributed by atoms with E-state index < -0.39 is 23.4 Å². The Morgan fingerprint density at radius 1 is 0.539 bits per heavy atom. The molecular weight excluding hydrogens is 989 g/mol. The van der Waals surface area contributed by atoms with E-state index in [4.69, 9.17) is 39.5 Å². The van der Waals surface area contributed by atoms with Crippen LogP contribution in [-0.2, 0) is 19.1 Å². The molecule has 0 radical (unpaired) electrons. The minimum atomic E-state index is -0.706. The van der Waals surface area contributed by atoms with Crippen molar-refractivity contribution >= 4 is 57.0 Å². The number of hydrogen-bond acceptors (Lipinski definition) is 16. The highest BCUT2D eigenvalue weighted by molar-refractivity contribution is 6.46. The molecule has 0 aliphatic carbocycles. The Balaban J connectivity index is 0.000000221.